The van der Waals surface area contributed by atoms with Crippen molar-refractivity contribution in [2.45, 2.75) is 45.6 Å². The summed E-state index contributed by atoms with van der Waals surface area (Å²) in [4.78, 5) is 39.9. The molecular formula is C30H31N3O7. The summed E-state index contributed by atoms with van der Waals surface area (Å²) in [6.45, 7) is 5.42. The summed E-state index contributed by atoms with van der Waals surface area (Å²) in [5.74, 6) is 0.447. The molecular weight excluding hydrogens is 514 g/mol. The summed E-state index contributed by atoms with van der Waals surface area (Å²) in [5, 5.41) is 22.9. The lowest BCUT2D eigenvalue weighted by molar-refractivity contribution is -0.384. The van der Waals surface area contributed by atoms with E-state index < -0.39 is 22.7 Å². The number of aliphatic hydroxyl groups excluding tert-OH is 1. The number of nitrogens with one attached hydrogen (secondary N) is 1. The molecule has 4 aromatic rings. The van der Waals surface area contributed by atoms with Gasteiger partial charge >= 0.3 is 6.09 Å². The second kappa shape index (κ2) is 12.0. The number of nitro groups is 1. The average Bonchev–Trinajstić information content (AvgIpc) is 2.91. The van der Waals surface area contributed by atoms with Gasteiger partial charge in [-0.2, -0.15) is 0 Å². The predicted molar refractivity (Wildman–Crippen MR) is 150 cm³/mol. The van der Waals surface area contributed by atoms with E-state index in [2.05, 4.69) is 4.98 Å². The van der Waals surface area contributed by atoms with Crippen LogP contribution in [0.15, 0.2) is 83.7 Å². The van der Waals surface area contributed by atoms with Crippen LogP contribution in [0, 0.1) is 10.1 Å². The number of aliphatic hydroxyl groups is 1. The lowest BCUT2D eigenvalue weighted by Crippen LogP contribution is -2.38. The Morgan fingerprint density at radius 3 is 2.35 bits per heavy atom. The number of nitro benzene ring substituents is 1. The maximum absolute atomic E-state index is 13.1. The molecule has 4 rings (SSSR count). The molecule has 0 saturated carbocycles. The maximum Gasteiger partial charge on any atom is 0.410 e. The number of pyridine rings is 1. The minimum absolute atomic E-state index is 0.0526. The lowest BCUT2D eigenvalue weighted by atomic mass is 10.0. The summed E-state index contributed by atoms with van der Waals surface area (Å²) in [6.07, 6.45) is -1.80. The van der Waals surface area contributed by atoms with Crippen molar-refractivity contribution in [1.82, 2.24) is 9.88 Å². The first-order valence-electron chi connectivity index (χ1n) is 12.7. The van der Waals surface area contributed by atoms with E-state index in [1.54, 1.807) is 51.1 Å². The number of amides is 1. The fraction of sp³-hybridized carbons (Fsp3) is 0.267. The summed E-state index contributed by atoms with van der Waals surface area (Å²) in [6, 6.07) is 21.8. The van der Waals surface area contributed by atoms with Gasteiger partial charge in [-0.15, -0.1) is 0 Å². The van der Waals surface area contributed by atoms with Gasteiger partial charge in [0.15, 0.2) is 0 Å². The van der Waals surface area contributed by atoms with Gasteiger partial charge in [-0.1, -0.05) is 48.5 Å². The average molecular weight is 546 g/mol. The molecule has 0 saturated heterocycles. The van der Waals surface area contributed by atoms with E-state index in [0.29, 0.717) is 27.8 Å². The lowest BCUT2D eigenvalue weighted by Gasteiger charge is -2.29. The number of benzene rings is 3. The molecule has 0 unspecified atom stereocenters. The van der Waals surface area contributed by atoms with E-state index in [4.69, 9.17) is 9.47 Å². The first-order chi connectivity index (χ1) is 19.0. The minimum atomic E-state index is -1.15. The van der Waals surface area contributed by atoms with Crippen LogP contribution in [0.2, 0.25) is 0 Å². The molecule has 1 amide bonds. The Morgan fingerprint density at radius 2 is 1.70 bits per heavy atom. The molecule has 40 heavy (non-hydrogen) atoms. The maximum atomic E-state index is 13.1. The molecule has 10 heteroatoms. The van der Waals surface area contributed by atoms with E-state index in [9.17, 15) is 24.8 Å². The number of hydrogen-bond donors (Lipinski definition) is 2. The second-order valence-electron chi connectivity index (χ2n) is 10.3. The summed E-state index contributed by atoms with van der Waals surface area (Å²) >= 11 is 0. The van der Waals surface area contributed by atoms with Crippen LogP contribution in [0.25, 0.3) is 10.9 Å². The van der Waals surface area contributed by atoms with Crippen LogP contribution in [-0.4, -0.2) is 38.2 Å². The zero-order valence-corrected chi connectivity index (χ0v) is 22.5. The van der Waals surface area contributed by atoms with Crippen LogP contribution in [-0.2, 0) is 17.9 Å². The molecule has 208 valence electrons. The second-order valence-corrected chi connectivity index (χ2v) is 10.3. The van der Waals surface area contributed by atoms with E-state index in [1.165, 1.54) is 23.1 Å². The van der Waals surface area contributed by atoms with Crippen molar-refractivity contribution in [1.29, 1.82) is 0 Å². The number of H-pyrrole nitrogens is 1. The Morgan fingerprint density at radius 1 is 1.00 bits per heavy atom. The minimum Gasteiger partial charge on any atom is -0.487 e. The third-order valence-corrected chi connectivity index (χ3v) is 6.05. The third-order valence-electron chi connectivity index (χ3n) is 6.05. The molecule has 1 atom stereocenters. The normalized spacial score (nSPS) is 12.1. The van der Waals surface area contributed by atoms with Crippen LogP contribution < -0.4 is 10.3 Å². The van der Waals surface area contributed by atoms with Crippen molar-refractivity contribution in [3.8, 4) is 5.75 Å². The molecule has 10 nitrogen and oxygen atoms in total. The van der Waals surface area contributed by atoms with Crippen LogP contribution in [0.3, 0.4) is 0 Å². The number of carbonyl (C=O) groups is 1. The summed E-state index contributed by atoms with van der Waals surface area (Å²) in [5.41, 5.74) is 1.33. The highest BCUT2D eigenvalue weighted by Crippen LogP contribution is 2.31. The fourth-order valence-electron chi connectivity index (χ4n) is 4.17. The van der Waals surface area contributed by atoms with Gasteiger partial charge in [-0.05, 0) is 49.6 Å². The van der Waals surface area contributed by atoms with Crippen molar-refractivity contribution in [3.63, 3.8) is 0 Å². The fourth-order valence-corrected chi connectivity index (χ4v) is 4.17. The Labute approximate surface area is 230 Å². The number of hydrogen-bond acceptors (Lipinski definition) is 7. The Hall–Kier alpha value is -4.70. The molecule has 3 aromatic carbocycles. The molecule has 1 heterocycles. The highest BCUT2D eigenvalue weighted by atomic mass is 16.6. The van der Waals surface area contributed by atoms with Crippen LogP contribution in [0.1, 0.15) is 43.6 Å². The van der Waals surface area contributed by atoms with Gasteiger partial charge in [0.1, 0.15) is 18.0 Å². The van der Waals surface area contributed by atoms with E-state index in [1.807, 2.05) is 30.3 Å². The SMILES string of the molecule is CC(C)(C)OC(=O)N(Cc1ccc([N+](=O)[O-])cc1)C[C@H](O)c1ccc(OCc2ccccc2)c2[nH]c(=O)ccc12. The van der Waals surface area contributed by atoms with Crippen LogP contribution >= 0.6 is 0 Å². The van der Waals surface area contributed by atoms with Crippen molar-refractivity contribution in [2.24, 2.45) is 0 Å². The molecule has 2 N–H and O–H groups in total. The molecule has 0 spiro atoms. The van der Waals surface area contributed by atoms with E-state index in [-0.39, 0.29) is 30.9 Å². The number of fused-ring (bicyclic) bond motifs is 1. The quantitative estimate of drug-likeness (QED) is 0.210. The van der Waals surface area contributed by atoms with Crippen molar-refractivity contribution in [2.75, 3.05) is 6.54 Å². The van der Waals surface area contributed by atoms with Gasteiger partial charge in [0, 0.05) is 30.1 Å². The zero-order valence-electron chi connectivity index (χ0n) is 22.5. The Kier molecular flexibility index (Phi) is 8.49. The first-order valence-corrected chi connectivity index (χ1v) is 12.7. The summed E-state index contributed by atoms with van der Waals surface area (Å²) in [7, 11) is 0. The highest BCUT2D eigenvalue weighted by molar-refractivity contribution is 5.87. The number of nitrogens with zero attached hydrogens (tertiary/aromatic N) is 2. The van der Waals surface area contributed by atoms with Gasteiger partial charge in [-0.3, -0.25) is 14.9 Å². The van der Waals surface area contributed by atoms with Crippen LogP contribution in [0.4, 0.5) is 10.5 Å². The molecule has 0 aliphatic carbocycles. The molecule has 0 aliphatic heterocycles. The van der Waals surface area contributed by atoms with Crippen molar-refractivity contribution in [3.05, 3.63) is 116 Å². The smallest absolute Gasteiger partial charge is 0.410 e. The number of rotatable bonds is 9. The van der Waals surface area contributed by atoms with E-state index >= 15 is 0 Å². The number of non-ortho nitro benzene ring substituents is 1. The molecule has 0 aliphatic rings. The molecule has 0 radical (unpaired) electrons. The third kappa shape index (κ3) is 7.23. The monoisotopic (exact) mass is 545 g/mol. The predicted octanol–water partition coefficient (Wildman–Crippen LogP) is 5.49. The largest absolute Gasteiger partial charge is 0.487 e. The standard InChI is InChI=1S/C30H31N3O7/c1-30(2,3)40-29(36)32(17-20-9-11-22(12-10-20)33(37)38)18-25(34)23-13-15-26(28-24(23)14-16-27(35)31-28)39-19-21-7-5-4-6-8-21/h4-16,25,34H,17-19H2,1-3H3,(H,31,35)/t25-/m0/s1. The van der Waals surface area contributed by atoms with Crippen LogP contribution in [0.5, 0.6) is 5.75 Å². The Bertz CT molecular complexity index is 1540. The molecule has 1 aromatic heterocycles. The molecule has 0 fully saturated rings. The van der Waals surface area contributed by atoms with Gasteiger partial charge in [0.05, 0.1) is 23.1 Å². The van der Waals surface area contributed by atoms with E-state index in [0.717, 1.165) is 5.56 Å². The van der Waals surface area contributed by atoms with Gasteiger partial charge in [0.2, 0.25) is 5.56 Å². The number of carbonyl (C=O) groups excluding carboxylic acids is 1. The number of aromatic nitrogens is 1. The van der Waals surface area contributed by atoms with Gasteiger partial charge < -0.3 is 24.5 Å². The number of aromatic amines is 1. The zero-order chi connectivity index (χ0) is 28.9. The van der Waals surface area contributed by atoms with Crippen molar-refractivity contribution < 1.29 is 24.3 Å². The Balaban J connectivity index is 1.62. The van der Waals surface area contributed by atoms with Gasteiger partial charge in [-0.25, -0.2) is 4.79 Å². The highest BCUT2D eigenvalue weighted by Gasteiger charge is 2.26. The number of ether oxygens (including phenoxy) is 2. The first kappa shape index (κ1) is 28.3. The van der Waals surface area contributed by atoms with Gasteiger partial charge in [0.25, 0.3) is 5.69 Å². The summed E-state index contributed by atoms with van der Waals surface area (Å²) < 4.78 is 11.6. The van der Waals surface area contributed by atoms with Crippen molar-refractivity contribution >= 4 is 22.7 Å². The topological polar surface area (TPSA) is 135 Å². The molecule has 0 bridgehead atoms.